The second-order valence-corrected chi connectivity index (χ2v) is 10.8. The average Bonchev–Trinajstić information content (AvgIpc) is 2.93. The standard InChI is InChI=1S/C28H30ClF3N6O3/c1-16(2)22-14-40-24-25(36-22)33-15-34-27(24)41-23-10-17(4-5-21(23)29)26(39)35-19-11-18(28(30,31)32)12-20(13-19)38-8-6-37(3)7-9-38/h4-5,10-13,15-16,22H,6-9,14H2,1-3H3,(H,35,39)(H,33,34,36). The number of hydrogen-bond acceptors (Lipinski definition) is 8. The van der Waals surface area contributed by atoms with Gasteiger partial charge in [-0.2, -0.15) is 18.2 Å². The van der Waals surface area contributed by atoms with Crippen molar-refractivity contribution in [1.82, 2.24) is 14.9 Å². The van der Waals surface area contributed by atoms with Gasteiger partial charge in [-0.25, -0.2) is 4.98 Å². The van der Waals surface area contributed by atoms with Crippen LogP contribution >= 0.6 is 11.6 Å². The van der Waals surface area contributed by atoms with E-state index in [1.165, 1.54) is 24.5 Å². The first-order valence-corrected chi connectivity index (χ1v) is 13.5. The van der Waals surface area contributed by atoms with Crippen LogP contribution in [0.4, 0.5) is 30.4 Å². The number of nitrogens with one attached hydrogen (secondary N) is 2. The number of alkyl halides is 3. The van der Waals surface area contributed by atoms with Gasteiger partial charge in [-0.15, -0.1) is 0 Å². The molecular weight excluding hydrogens is 561 g/mol. The minimum atomic E-state index is -4.58. The summed E-state index contributed by atoms with van der Waals surface area (Å²) in [6, 6.07) is 7.97. The molecule has 2 aliphatic rings. The number of nitrogens with zero attached hydrogens (tertiary/aromatic N) is 4. The first-order valence-electron chi connectivity index (χ1n) is 13.2. The van der Waals surface area contributed by atoms with E-state index in [1.807, 2.05) is 11.9 Å². The van der Waals surface area contributed by atoms with Gasteiger partial charge in [-0.05, 0) is 49.4 Å². The monoisotopic (exact) mass is 590 g/mol. The minimum Gasteiger partial charge on any atom is -0.483 e. The van der Waals surface area contributed by atoms with E-state index < -0.39 is 17.6 Å². The molecule has 1 fully saturated rings. The second-order valence-electron chi connectivity index (χ2n) is 10.4. The molecule has 3 aromatic rings. The van der Waals surface area contributed by atoms with Crippen molar-refractivity contribution in [2.24, 2.45) is 5.92 Å². The molecule has 1 amide bonds. The summed E-state index contributed by atoms with van der Waals surface area (Å²) in [6.07, 6.45) is -3.25. The Labute approximate surface area is 240 Å². The first-order chi connectivity index (χ1) is 19.5. The highest BCUT2D eigenvalue weighted by Gasteiger charge is 2.32. The van der Waals surface area contributed by atoms with Gasteiger partial charge in [0, 0.05) is 43.1 Å². The van der Waals surface area contributed by atoms with E-state index in [0.717, 1.165) is 25.2 Å². The fourth-order valence-electron chi connectivity index (χ4n) is 4.54. The lowest BCUT2D eigenvalue weighted by Gasteiger charge is -2.34. The topological polar surface area (TPSA) is 91.8 Å². The van der Waals surface area contributed by atoms with E-state index in [9.17, 15) is 18.0 Å². The Bertz CT molecular complexity index is 1430. The third kappa shape index (κ3) is 6.59. The Morgan fingerprint density at radius 3 is 2.61 bits per heavy atom. The number of anilines is 3. The van der Waals surface area contributed by atoms with Crippen LogP contribution in [0.1, 0.15) is 29.8 Å². The second kappa shape index (κ2) is 11.6. The van der Waals surface area contributed by atoms with Crippen LogP contribution in [0.5, 0.6) is 17.4 Å². The lowest BCUT2D eigenvalue weighted by Crippen LogP contribution is -2.44. The fraction of sp³-hybridized carbons (Fsp3) is 0.393. The molecule has 3 heterocycles. The van der Waals surface area contributed by atoms with Crippen molar-refractivity contribution in [1.29, 1.82) is 0 Å². The summed E-state index contributed by atoms with van der Waals surface area (Å²) >= 11 is 6.36. The largest absolute Gasteiger partial charge is 0.483 e. The predicted molar refractivity (Wildman–Crippen MR) is 150 cm³/mol. The van der Waals surface area contributed by atoms with Gasteiger partial charge in [0.25, 0.3) is 11.8 Å². The molecule has 13 heteroatoms. The molecule has 0 saturated carbocycles. The molecule has 1 saturated heterocycles. The Kier molecular flexibility index (Phi) is 8.14. The molecule has 1 atom stereocenters. The zero-order valence-electron chi connectivity index (χ0n) is 22.8. The van der Waals surface area contributed by atoms with Crippen LogP contribution in [-0.2, 0) is 6.18 Å². The molecule has 0 spiro atoms. The number of carbonyl (C=O) groups is 1. The highest BCUT2D eigenvalue weighted by Crippen LogP contribution is 2.40. The molecule has 2 aliphatic heterocycles. The number of ether oxygens (including phenoxy) is 2. The van der Waals surface area contributed by atoms with E-state index in [4.69, 9.17) is 21.1 Å². The zero-order chi connectivity index (χ0) is 29.3. The summed E-state index contributed by atoms with van der Waals surface area (Å²) in [5.74, 6) is 0.705. The van der Waals surface area contributed by atoms with Crippen molar-refractivity contribution in [3.8, 4) is 17.4 Å². The maximum absolute atomic E-state index is 13.7. The van der Waals surface area contributed by atoms with Crippen molar-refractivity contribution < 1.29 is 27.4 Å². The van der Waals surface area contributed by atoms with Gasteiger partial charge in [0.1, 0.15) is 18.7 Å². The van der Waals surface area contributed by atoms with Crippen LogP contribution in [0.2, 0.25) is 5.02 Å². The summed E-state index contributed by atoms with van der Waals surface area (Å²) in [4.78, 5) is 25.6. The maximum atomic E-state index is 13.7. The molecule has 1 unspecified atom stereocenters. The number of piperazine rings is 1. The van der Waals surface area contributed by atoms with Gasteiger partial charge in [0.15, 0.2) is 5.82 Å². The summed E-state index contributed by atoms with van der Waals surface area (Å²) in [7, 11) is 1.96. The number of likely N-dealkylation sites (N-methyl/N-ethyl adjacent to an activating group) is 1. The molecule has 1 aromatic heterocycles. The predicted octanol–water partition coefficient (Wildman–Crippen LogP) is 5.77. The maximum Gasteiger partial charge on any atom is 0.416 e. The van der Waals surface area contributed by atoms with Crippen LogP contribution < -0.4 is 25.0 Å². The van der Waals surface area contributed by atoms with E-state index in [2.05, 4.69) is 39.3 Å². The van der Waals surface area contributed by atoms with Crippen LogP contribution in [-0.4, -0.2) is 66.7 Å². The van der Waals surface area contributed by atoms with Crippen molar-refractivity contribution in [2.75, 3.05) is 55.4 Å². The molecule has 41 heavy (non-hydrogen) atoms. The molecular formula is C28H30ClF3N6O3. The molecule has 9 nitrogen and oxygen atoms in total. The molecule has 218 valence electrons. The lowest BCUT2D eigenvalue weighted by molar-refractivity contribution is -0.137. The smallest absolute Gasteiger partial charge is 0.416 e. The summed E-state index contributed by atoms with van der Waals surface area (Å²) in [5, 5.41) is 6.10. The van der Waals surface area contributed by atoms with Crippen LogP contribution in [0, 0.1) is 5.92 Å². The molecule has 2 N–H and O–H groups in total. The fourth-order valence-corrected chi connectivity index (χ4v) is 4.69. The Morgan fingerprint density at radius 1 is 1.15 bits per heavy atom. The molecule has 0 bridgehead atoms. The highest BCUT2D eigenvalue weighted by atomic mass is 35.5. The Morgan fingerprint density at radius 2 is 1.90 bits per heavy atom. The lowest BCUT2D eigenvalue weighted by atomic mass is 10.0. The summed E-state index contributed by atoms with van der Waals surface area (Å²) < 4.78 is 53.0. The van der Waals surface area contributed by atoms with Crippen LogP contribution in [0.3, 0.4) is 0 Å². The van der Waals surface area contributed by atoms with Gasteiger partial charge < -0.3 is 29.9 Å². The minimum absolute atomic E-state index is 0.0280. The van der Waals surface area contributed by atoms with Crippen molar-refractivity contribution in [2.45, 2.75) is 26.1 Å². The van der Waals surface area contributed by atoms with Crippen molar-refractivity contribution in [3.05, 3.63) is 58.9 Å². The molecule has 0 radical (unpaired) electrons. The summed E-state index contributed by atoms with van der Waals surface area (Å²) in [6.45, 7) is 7.11. The number of carbonyl (C=O) groups excluding carboxylic acids is 1. The van der Waals surface area contributed by atoms with E-state index in [0.29, 0.717) is 42.9 Å². The van der Waals surface area contributed by atoms with Gasteiger partial charge in [0.05, 0.1) is 16.6 Å². The van der Waals surface area contributed by atoms with Gasteiger partial charge in [-0.3, -0.25) is 4.79 Å². The third-order valence-corrected chi connectivity index (χ3v) is 7.39. The normalized spacial score (nSPS) is 17.5. The number of rotatable bonds is 6. The average molecular weight is 591 g/mol. The number of halogens is 4. The van der Waals surface area contributed by atoms with E-state index in [1.54, 1.807) is 6.07 Å². The number of aromatic nitrogens is 2. The quantitative estimate of drug-likeness (QED) is 0.374. The van der Waals surface area contributed by atoms with E-state index in [-0.39, 0.29) is 33.9 Å². The number of benzene rings is 2. The van der Waals surface area contributed by atoms with E-state index >= 15 is 0 Å². The molecule has 2 aromatic carbocycles. The third-order valence-electron chi connectivity index (χ3n) is 7.08. The highest BCUT2D eigenvalue weighted by molar-refractivity contribution is 6.32. The van der Waals surface area contributed by atoms with Crippen LogP contribution in [0.25, 0.3) is 0 Å². The molecule has 0 aliphatic carbocycles. The van der Waals surface area contributed by atoms with Crippen molar-refractivity contribution in [3.63, 3.8) is 0 Å². The Balaban J connectivity index is 1.37. The summed E-state index contributed by atoms with van der Waals surface area (Å²) in [5.41, 5.74) is -0.290. The molecule has 5 rings (SSSR count). The zero-order valence-corrected chi connectivity index (χ0v) is 23.5. The Hall–Kier alpha value is -3.77. The van der Waals surface area contributed by atoms with Gasteiger partial charge in [-0.1, -0.05) is 25.4 Å². The van der Waals surface area contributed by atoms with Crippen LogP contribution in [0.15, 0.2) is 42.7 Å². The van der Waals surface area contributed by atoms with Crippen molar-refractivity contribution >= 4 is 34.7 Å². The SMILES string of the molecule is CC(C)C1COc2c(ncnc2Oc2cc(C(=O)Nc3cc(N4CCN(C)CC4)cc(C(F)(F)F)c3)ccc2Cl)N1. The number of amides is 1. The first kappa shape index (κ1) is 28.7. The van der Waals surface area contributed by atoms with Gasteiger partial charge >= 0.3 is 6.18 Å². The number of hydrogen-bond donors (Lipinski definition) is 2. The van der Waals surface area contributed by atoms with Gasteiger partial charge in [0.2, 0.25) is 5.75 Å². The number of fused-ring (bicyclic) bond motifs is 1.